The summed E-state index contributed by atoms with van der Waals surface area (Å²) in [6.07, 6.45) is 2.68. The van der Waals surface area contributed by atoms with Gasteiger partial charge in [-0.2, -0.15) is 0 Å². The standard InChI is InChI=1S/C30H33Cl2N3O7S2/c1-44(40,41)34-24-8-4-5-9-25(24)35-28(22-11-10-18(31)13-23(22)32)27(20-6-2-3-7-21(20)30(35)39)29(38)33-42-15-19-12-17(16-43-19)26(37)14-36/h2-3,6-7,10-13,16,24-28,34,36-37H,4-5,8-9,14-15H2,1H3,(H,33,38)/t24-,25-,26?,27+,28-/m0/s1. The summed E-state index contributed by atoms with van der Waals surface area (Å²) in [6.45, 7) is -0.415. The molecule has 2 aromatic carbocycles. The second-order valence-corrected chi connectivity index (χ2v) is 14.7. The van der Waals surface area contributed by atoms with Crippen LogP contribution in [0.15, 0.2) is 53.9 Å². The van der Waals surface area contributed by atoms with Crippen LogP contribution in [0, 0.1) is 0 Å². The number of amides is 2. The second kappa shape index (κ2) is 13.8. The van der Waals surface area contributed by atoms with Crippen LogP contribution in [0.2, 0.25) is 10.0 Å². The number of carbonyl (C=O) groups is 2. The average molecular weight is 683 g/mol. The highest BCUT2D eigenvalue weighted by Gasteiger charge is 2.49. The molecule has 2 aliphatic rings. The molecule has 5 rings (SSSR count). The van der Waals surface area contributed by atoms with Gasteiger partial charge in [-0.25, -0.2) is 18.6 Å². The molecule has 3 aromatic rings. The Labute approximate surface area is 269 Å². The zero-order chi connectivity index (χ0) is 31.6. The summed E-state index contributed by atoms with van der Waals surface area (Å²) < 4.78 is 27.4. The molecule has 1 aliphatic carbocycles. The van der Waals surface area contributed by atoms with Gasteiger partial charge in [-0.05, 0) is 59.2 Å². The smallest absolute Gasteiger partial charge is 0.255 e. The van der Waals surface area contributed by atoms with Gasteiger partial charge in [0.15, 0.2) is 0 Å². The molecule has 1 saturated carbocycles. The number of aliphatic hydroxyl groups is 2. The van der Waals surface area contributed by atoms with Crippen molar-refractivity contribution in [1.82, 2.24) is 15.1 Å². The van der Waals surface area contributed by atoms with Crippen LogP contribution in [0.1, 0.15) is 75.7 Å². The quantitative estimate of drug-likeness (QED) is 0.231. The summed E-state index contributed by atoms with van der Waals surface area (Å²) in [6, 6.07) is 11.4. The van der Waals surface area contributed by atoms with Crippen LogP contribution in [0.25, 0.3) is 0 Å². The van der Waals surface area contributed by atoms with E-state index in [1.54, 1.807) is 58.8 Å². The van der Waals surface area contributed by atoms with E-state index < -0.39 is 52.7 Å². The molecule has 0 bridgehead atoms. The number of aliphatic hydroxyl groups excluding tert-OH is 2. The third kappa shape index (κ3) is 7.13. The number of hydrogen-bond acceptors (Lipinski definition) is 8. The van der Waals surface area contributed by atoms with Crippen molar-refractivity contribution in [2.75, 3.05) is 12.9 Å². The maximum absolute atomic E-state index is 14.3. The van der Waals surface area contributed by atoms with Gasteiger partial charge in [0.05, 0.1) is 24.8 Å². The maximum Gasteiger partial charge on any atom is 0.255 e. The molecule has 236 valence electrons. The molecular formula is C30H33Cl2N3O7S2. The molecule has 5 atom stereocenters. The number of nitrogens with one attached hydrogen (secondary N) is 2. The van der Waals surface area contributed by atoms with Crippen LogP contribution < -0.4 is 10.2 Å². The monoisotopic (exact) mass is 681 g/mol. The number of carbonyl (C=O) groups excluding carboxylic acids is 2. The van der Waals surface area contributed by atoms with Gasteiger partial charge in [-0.15, -0.1) is 11.3 Å². The van der Waals surface area contributed by atoms with Crippen molar-refractivity contribution < 1.29 is 33.1 Å². The van der Waals surface area contributed by atoms with Crippen molar-refractivity contribution in [2.45, 2.75) is 62.4 Å². The minimum absolute atomic E-state index is 0.000906. The van der Waals surface area contributed by atoms with Crippen molar-refractivity contribution in [3.05, 3.63) is 91.1 Å². The van der Waals surface area contributed by atoms with Crippen molar-refractivity contribution in [2.24, 2.45) is 0 Å². The molecule has 44 heavy (non-hydrogen) atoms. The molecule has 1 unspecified atom stereocenters. The van der Waals surface area contributed by atoms with Gasteiger partial charge in [-0.1, -0.05) is 60.3 Å². The van der Waals surface area contributed by atoms with Crippen LogP contribution in [0.3, 0.4) is 0 Å². The van der Waals surface area contributed by atoms with E-state index in [0.717, 1.165) is 19.1 Å². The fourth-order valence-corrected chi connectivity index (χ4v) is 8.31. The number of nitrogens with zero attached hydrogens (tertiary/aromatic N) is 1. The Morgan fingerprint density at radius 2 is 1.89 bits per heavy atom. The first-order valence-corrected chi connectivity index (χ1v) is 17.6. The SMILES string of the molecule is CS(=O)(=O)N[C@H]1CCCC[C@@H]1N1C(=O)c2ccccc2[C@@H](C(=O)NOCc2cc(C(O)CO)cs2)[C@@H]1c1ccc(Cl)cc1Cl. The Morgan fingerprint density at radius 3 is 2.61 bits per heavy atom. The third-order valence-corrected chi connectivity index (χ3v) is 10.2. The molecule has 2 heterocycles. The minimum Gasteiger partial charge on any atom is -0.393 e. The molecule has 0 saturated heterocycles. The zero-order valence-corrected chi connectivity index (χ0v) is 26.9. The lowest BCUT2D eigenvalue weighted by Gasteiger charge is -2.49. The van der Waals surface area contributed by atoms with Crippen molar-refractivity contribution in [1.29, 1.82) is 0 Å². The van der Waals surface area contributed by atoms with Crippen LogP contribution in [-0.4, -0.2) is 60.3 Å². The lowest BCUT2D eigenvalue weighted by atomic mass is 9.76. The van der Waals surface area contributed by atoms with Gasteiger partial charge < -0.3 is 15.1 Å². The molecule has 0 radical (unpaired) electrons. The maximum atomic E-state index is 14.3. The van der Waals surface area contributed by atoms with E-state index >= 15 is 0 Å². The Kier molecular flexibility index (Phi) is 10.3. The van der Waals surface area contributed by atoms with Crippen molar-refractivity contribution >= 4 is 56.4 Å². The number of thiophene rings is 1. The summed E-state index contributed by atoms with van der Waals surface area (Å²) in [5, 5.41) is 21.4. The lowest BCUT2D eigenvalue weighted by Crippen LogP contribution is -2.59. The summed E-state index contributed by atoms with van der Waals surface area (Å²) in [4.78, 5) is 36.4. The van der Waals surface area contributed by atoms with Crippen LogP contribution in [0.4, 0.5) is 0 Å². The van der Waals surface area contributed by atoms with Crippen molar-refractivity contribution in [3.63, 3.8) is 0 Å². The first-order valence-electron chi connectivity index (χ1n) is 14.1. The molecule has 1 aliphatic heterocycles. The molecule has 1 aromatic heterocycles. The normalized spacial score (nSPS) is 22.8. The number of hydrogen-bond donors (Lipinski definition) is 4. The largest absolute Gasteiger partial charge is 0.393 e. The number of benzene rings is 2. The number of hydroxylamine groups is 1. The Balaban J connectivity index is 1.54. The second-order valence-electron chi connectivity index (χ2n) is 11.0. The molecular weight excluding hydrogens is 649 g/mol. The van der Waals surface area contributed by atoms with Gasteiger partial charge in [0.2, 0.25) is 10.0 Å². The first kappa shape index (κ1) is 32.8. The molecule has 4 N–H and O–H groups in total. The average Bonchev–Trinajstić information content (AvgIpc) is 3.45. The minimum atomic E-state index is -3.60. The van der Waals surface area contributed by atoms with E-state index in [0.29, 0.717) is 45.0 Å². The fraction of sp³-hybridized carbons (Fsp3) is 0.400. The highest BCUT2D eigenvalue weighted by atomic mass is 35.5. The first-order chi connectivity index (χ1) is 21.0. The Morgan fingerprint density at radius 1 is 1.14 bits per heavy atom. The third-order valence-electron chi connectivity index (χ3n) is 8.01. The van der Waals surface area contributed by atoms with Gasteiger partial charge in [0, 0.05) is 32.6 Å². The summed E-state index contributed by atoms with van der Waals surface area (Å²) >= 11 is 14.3. The zero-order valence-electron chi connectivity index (χ0n) is 23.8. The summed E-state index contributed by atoms with van der Waals surface area (Å²) in [7, 11) is -3.60. The number of sulfonamides is 1. The van der Waals surface area contributed by atoms with E-state index in [2.05, 4.69) is 10.2 Å². The Bertz CT molecular complexity index is 1630. The number of fused-ring (bicyclic) bond motifs is 1. The predicted octanol–water partition coefficient (Wildman–Crippen LogP) is 4.47. The number of rotatable bonds is 10. The van der Waals surface area contributed by atoms with Gasteiger partial charge >= 0.3 is 0 Å². The Hall–Kier alpha value is -2.55. The van der Waals surface area contributed by atoms with E-state index in [4.69, 9.17) is 28.0 Å². The van der Waals surface area contributed by atoms with Crippen LogP contribution >= 0.6 is 34.5 Å². The molecule has 10 nitrogen and oxygen atoms in total. The highest BCUT2D eigenvalue weighted by Crippen LogP contribution is 2.48. The topological polar surface area (TPSA) is 145 Å². The van der Waals surface area contributed by atoms with E-state index in [1.807, 2.05) is 0 Å². The molecule has 0 spiro atoms. The summed E-state index contributed by atoms with van der Waals surface area (Å²) in [5.41, 5.74) is 4.40. The predicted molar refractivity (Wildman–Crippen MR) is 168 cm³/mol. The molecule has 14 heteroatoms. The highest BCUT2D eigenvalue weighted by molar-refractivity contribution is 7.88. The van der Waals surface area contributed by atoms with E-state index in [9.17, 15) is 28.2 Å². The van der Waals surface area contributed by atoms with Gasteiger partial charge in [-0.3, -0.25) is 14.4 Å². The molecule has 1 fully saturated rings. The lowest BCUT2D eigenvalue weighted by molar-refractivity contribution is -0.138. The van der Waals surface area contributed by atoms with Crippen molar-refractivity contribution in [3.8, 4) is 0 Å². The summed E-state index contributed by atoms with van der Waals surface area (Å²) in [5.74, 6) is -1.83. The van der Waals surface area contributed by atoms with Crippen LogP contribution in [0.5, 0.6) is 0 Å². The van der Waals surface area contributed by atoms with Gasteiger partial charge in [0.25, 0.3) is 11.8 Å². The molecule has 2 amide bonds. The number of halogens is 2. The van der Waals surface area contributed by atoms with Gasteiger partial charge in [0.1, 0.15) is 12.7 Å². The van der Waals surface area contributed by atoms with E-state index in [-0.39, 0.29) is 17.5 Å². The fourth-order valence-electron chi connectivity index (χ4n) is 6.12. The van der Waals surface area contributed by atoms with E-state index in [1.165, 1.54) is 11.3 Å². The van der Waals surface area contributed by atoms with Crippen LogP contribution in [-0.2, 0) is 26.3 Å².